The molecule has 2 saturated heterocycles. The van der Waals surface area contributed by atoms with Gasteiger partial charge in [0.05, 0.1) is 36.6 Å². The standard InChI is InChI=1S/C27H20F2N4O3/c1-3-15-18(28)8-7-14-5-4-6-16(22(14)15)24-23(29)25-17(11-30-24)26(21(36-2)12-31-25)33-13-20-19(33)9-10-32(20)27(34)35/h1,4-8,11-12,19-20H,9-10,13H2,2H3,(H,34,35)/t19-,20-/m1/s1. The Balaban J connectivity index is 1.52. The van der Waals surface area contributed by atoms with Crippen molar-refractivity contribution in [3.8, 4) is 29.4 Å². The Morgan fingerprint density at radius 3 is 2.78 bits per heavy atom. The third-order valence-electron chi connectivity index (χ3n) is 7.23. The van der Waals surface area contributed by atoms with Gasteiger partial charge in [-0.15, -0.1) is 6.42 Å². The van der Waals surface area contributed by atoms with E-state index in [2.05, 4.69) is 15.9 Å². The molecule has 0 spiro atoms. The fourth-order valence-electron chi connectivity index (χ4n) is 5.53. The van der Waals surface area contributed by atoms with Crippen LogP contribution in [0, 0.1) is 24.0 Å². The molecule has 2 aromatic heterocycles. The van der Waals surface area contributed by atoms with Crippen LogP contribution in [-0.4, -0.2) is 58.4 Å². The highest BCUT2D eigenvalue weighted by atomic mass is 19.1. The van der Waals surface area contributed by atoms with Gasteiger partial charge >= 0.3 is 6.09 Å². The second-order valence-electron chi connectivity index (χ2n) is 8.88. The first-order valence-corrected chi connectivity index (χ1v) is 11.4. The zero-order valence-corrected chi connectivity index (χ0v) is 19.2. The molecule has 2 aliphatic heterocycles. The van der Waals surface area contributed by atoms with Crippen molar-refractivity contribution in [1.29, 1.82) is 0 Å². The quantitative estimate of drug-likeness (QED) is 0.425. The van der Waals surface area contributed by atoms with Crippen molar-refractivity contribution < 1.29 is 23.4 Å². The van der Waals surface area contributed by atoms with Crippen LogP contribution in [0.2, 0.25) is 0 Å². The number of carboxylic acid groups (broad SMARTS) is 1. The number of methoxy groups -OCH3 is 1. The minimum absolute atomic E-state index is 0.0122. The molecule has 4 aromatic rings. The number of likely N-dealkylation sites (tertiary alicyclic amines) is 1. The summed E-state index contributed by atoms with van der Waals surface area (Å²) in [7, 11) is 1.51. The molecule has 36 heavy (non-hydrogen) atoms. The highest BCUT2D eigenvalue weighted by Crippen LogP contribution is 2.45. The van der Waals surface area contributed by atoms with Crippen LogP contribution < -0.4 is 9.64 Å². The van der Waals surface area contributed by atoms with Crippen LogP contribution in [0.1, 0.15) is 12.0 Å². The van der Waals surface area contributed by atoms with Crippen LogP contribution >= 0.6 is 0 Å². The molecule has 2 aliphatic rings. The number of hydrogen-bond acceptors (Lipinski definition) is 5. The minimum atomic E-state index is -0.941. The number of terminal acetylenes is 1. The molecular weight excluding hydrogens is 466 g/mol. The van der Waals surface area contributed by atoms with E-state index in [4.69, 9.17) is 11.2 Å². The predicted octanol–water partition coefficient (Wildman–Crippen LogP) is 4.66. The number of halogens is 2. The molecule has 2 atom stereocenters. The normalized spacial score (nSPS) is 18.7. The third kappa shape index (κ3) is 3.00. The summed E-state index contributed by atoms with van der Waals surface area (Å²) in [5, 5.41) is 11.0. The molecule has 1 amide bonds. The largest absolute Gasteiger partial charge is 0.493 e. The second-order valence-corrected chi connectivity index (χ2v) is 8.88. The molecule has 0 radical (unpaired) electrons. The van der Waals surface area contributed by atoms with Crippen molar-refractivity contribution in [2.24, 2.45) is 0 Å². The summed E-state index contributed by atoms with van der Waals surface area (Å²) in [6.45, 7) is 0.905. The fourth-order valence-corrected chi connectivity index (χ4v) is 5.53. The van der Waals surface area contributed by atoms with Crippen LogP contribution in [0.5, 0.6) is 5.75 Å². The van der Waals surface area contributed by atoms with Gasteiger partial charge in [-0.25, -0.2) is 18.6 Å². The molecule has 9 heteroatoms. The lowest BCUT2D eigenvalue weighted by Gasteiger charge is -2.48. The molecule has 6 rings (SSSR count). The van der Waals surface area contributed by atoms with Crippen molar-refractivity contribution in [1.82, 2.24) is 14.9 Å². The first-order chi connectivity index (χ1) is 17.4. The third-order valence-corrected chi connectivity index (χ3v) is 7.23. The van der Waals surface area contributed by atoms with E-state index in [1.807, 2.05) is 4.90 Å². The van der Waals surface area contributed by atoms with Crippen molar-refractivity contribution in [3.05, 3.63) is 59.9 Å². The number of amides is 1. The summed E-state index contributed by atoms with van der Waals surface area (Å²) >= 11 is 0. The Bertz CT molecular complexity index is 1620. The Morgan fingerprint density at radius 1 is 1.19 bits per heavy atom. The number of aromatic nitrogens is 2. The van der Waals surface area contributed by atoms with E-state index in [0.29, 0.717) is 52.7 Å². The molecule has 180 valence electrons. The highest BCUT2D eigenvalue weighted by molar-refractivity contribution is 6.03. The Morgan fingerprint density at radius 2 is 2.03 bits per heavy atom. The van der Waals surface area contributed by atoms with Gasteiger partial charge in [0.2, 0.25) is 0 Å². The number of hydrogen-bond donors (Lipinski definition) is 1. The van der Waals surface area contributed by atoms with Gasteiger partial charge in [0.1, 0.15) is 17.0 Å². The maximum absolute atomic E-state index is 16.0. The van der Waals surface area contributed by atoms with E-state index in [9.17, 15) is 14.3 Å². The number of pyridine rings is 2. The zero-order valence-electron chi connectivity index (χ0n) is 19.2. The first kappa shape index (κ1) is 22.0. The van der Waals surface area contributed by atoms with Gasteiger partial charge < -0.3 is 19.6 Å². The van der Waals surface area contributed by atoms with Gasteiger partial charge in [0.25, 0.3) is 0 Å². The van der Waals surface area contributed by atoms with E-state index >= 15 is 4.39 Å². The summed E-state index contributed by atoms with van der Waals surface area (Å²) in [5.41, 5.74) is 1.14. The van der Waals surface area contributed by atoms with E-state index in [0.717, 1.165) is 0 Å². The lowest BCUT2D eigenvalue weighted by atomic mass is 9.94. The summed E-state index contributed by atoms with van der Waals surface area (Å²) in [4.78, 5) is 23.8. The molecule has 4 heterocycles. The molecule has 2 aromatic carbocycles. The fraction of sp³-hybridized carbons (Fsp3) is 0.222. The van der Waals surface area contributed by atoms with Crippen LogP contribution in [0.25, 0.3) is 32.9 Å². The van der Waals surface area contributed by atoms with E-state index in [-0.39, 0.29) is 28.9 Å². The van der Waals surface area contributed by atoms with E-state index in [1.54, 1.807) is 24.3 Å². The maximum Gasteiger partial charge on any atom is 0.407 e. The van der Waals surface area contributed by atoms with Gasteiger partial charge in [-0.1, -0.05) is 30.2 Å². The molecule has 7 nitrogen and oxygen atoms in total. The van der Waals surface area contributed by atoms with Crippen LogP contribution in [0.4, 0.5) is 19.3 Å². The van der Waals surface area contributed by atoms with Gasteiger partial charge in [-0.3, -0.25) is 4.98 Å². The van der Waals surface area contributed by atoms with Gasteiger partial charge in [-0.2, -0.15) is 0 Å². The minimum Gasteiger partial charge on any atom is -0.493 e. The average Bonchev–Trinajstić information content (AvgIpc) is 3.20. The smallest absolute Gasteiger partial charge is 0.407 e. The Kier molecular flexibility index (Phi) is 4.93. The molecule has 0 bridgehead atoms. The van der Waals surface area contributed by atoms with Crippen molar-refractivity contribution >= 4 is 33.5 Å². The topological polar surface area (TPSA) is 78.8 Å². The number of benzene rings is 2. The molecular formula is C27H20F2N4O3. The molecule has 0 unspecified atom stereocenters. The lowest BCUT2D eigenvalue weighted by molar-refractivity contribution is 0.129. The summed E-state index contributed by atoms with van der Waals surface area (Å²) in [6.07, 6.45) is 8.30. The molecule has 0 aliphatic carbocycles. The van der Waals surface area contributed by atoms with Crippen LogP contribution in [0.15, 0.2) is 42.7 Å². The van der Waals surface area contributed by atoms with E-state index < -0.39 is 17.7 Å². The first-order valence-electron chi connectivity index (χ1n) is 11.4. The summed E-state index contributed by atoms with van der Waals surface area (Å²) in [6, 6.07) is 7.90. The monoisotopic (exact) mass is 486 g/mol. The lowest BCUT2D eigenvalue weighted by Crippen LogP contribution is -2.62. The summed E-state index contributed by atoms with van der Waals surface area (Å²) in [5.74, 6) is 1.60. The van der Waals surface area contributed by atoms with Crippen molar-refractivity contribution in [2.75, 3.05) is 25.1 Å². The van der Waals surface area contributed by atoms with Gasteiger partial charge in [-0.05, 0) is 17.9 Å². The van der Waals surface area contributed by atoms with Gasteiger partial charge in [0.15, 0.2) is 11.6 Å². The number of ether oxygens (including phenoxy) is 1. The molecule has 1 N–H and O–H groups in total. The highest BCUT2D eigenvalue weighted by Gasteiger charge is 2.50. The number of anilines is 1. The van der Waals surface area contributed by atoms with Crippen molar-refractivity contribution in [2.45, 2.75) is 18.5 Å². The predicted molar refractivity (Wildman–Crippen MR) is 131 cm³/mol. The average molecular weight is 486 g/mol. The van der Waals surface area contributed by atoms with Crippen molar-refractivity contribution in [3.63, 3.8) is 0 Å². The second kappa shape index (κ2) is 8.05. The number of rotatable bonds is 3. The Labute approximate surface area is 204 Å². The van der Waals surface area contributed by atoms with Crippen LogP contribution in [-0.2, 0) is 0 Å². The summed E-state index contributed by atoms with van der Waals surface area (Å²) < 4.78 is 36.1. The molecule has 0 saturated carbocycles. The maximum atomic E-state index is 16.0. The molecule has 2 fully saturated rings. The van der Waals surface area contributed by atoms with Gasteiger partial charge in [0, 0.05) is 35.6 Å². The number of nitrogens with zero attached hydrogens (tertiary/aromatic N) is 4. The number of carbonyl (C=O) groups is 1. The van der Waals surface area contributed by atoms with Crippen LogP contribution in [0.3, 0.4) is 0 Å². The van der Waals surface area contributed by atoms with E-state index in [1.165, 1.54) is 30.5 Å². The SMILES string of the molecule is C#Cc1c(F)ccc2cccc(-c3ncc4c(N5C[C@@H]6[C@H]5CCN6C(=O)O)c(OC)cnc4c3F)c12. The number of fused-ring (bicyclic) bond motifs is 3. The zero-order chi connectivity index (χ0) is 25.1. The Hall–Kier alpha value is -4.45.